The third kappa shape index (κ3) is 6.33. The van der Waals surface area contributed by atoms with Crippen LogP contribution in [-0.2, 0) is 17.9 Å². The number of para-hydroxylation sites is 2. The van der Waals surface area contributed by atoms with Crippen molar-refractivity contribution in [3.8, 4) is 23.0 Å². The van der Waals surface area contributed by atoms with Crippen molar-refractivity contribution in [2.24, 2.45) is 0 Å². The molecule has 0 bridgehead atoms. The van der Waals surface area contributed by atoms with Gasteiger partial charge in [-0.2, -0.15) is 0 Å². The van der Waals surface area contributed by atoms with Crippen LogP contribution >= 0.6 is 0 Å². The minimum absolute atomic E-state index is 0.0204. The lowest BCUT2D eigenvalue weighted by Crippen LogP contribution is -2.37. The Morgan fingerprint density at radius 1 is 0.950 bits per heavy atom. The van der Waals surface area contributed by atoms with Crippen molar-refractivity contribution in [3.05, 3.63) is 114 Å². The molecule has 5 rings (SSSR count). The Kier molecular flexibility index (Phi) is 7.84. The summed E-state index contributed by atoms with van der Waals surface area (Å²) in [6.07, 6.45) is 0. The second-order valence-electron chi connectivity index (χ2n) is 10.2. The van der Waals surface area contributed by atoms with Gasteiger partial charge in [0.15, 0.2) is 11.2 Å². The molecule has 0 spiro atoms. The smallest absolute Gasteiger partial charge is 0.347 e. The molecule has 4 aromatic carbocycles. The number of ether oxygens (including phenoxy) is 2. The Hall–Kier alpha value is -4.62. The molecule has 1 aromatic heterocycles. The van der Waals surface area contributed by atoms with Crippen molar-refractivity contribution in [3.63, 3.8) is 0 Å². The van der Waals surface area contributed by atoms with Gasteiger partial charge in [-0.25, -0.2) is 9.78 Å². The molecule has 1 unspecified atom stereocenters. The van der Waals surface area contributed by atoms with Gasteiger partial charge in [0.25, 0.3) is 0 Å². The maximum absolute atomic E-state index is 11.4. The van der Waals surface area contributed by atoms with Gasteiger partial charge in [0, 0.05) is 18.2 Å². The van der Waals surface area contributed by atoms with Gasteiger partial charge >= 0.3 is 5.97 Å². The second-order valence-corrected chi connectivity index (χ2v) is 10.2. The first-order valence-corrected chi connectivity index (χ1v) is 13.2. The summed E-state index contributed by atoms with van der Waals surface area (Å²) in [4.78, 5) is 16.1. The van der Waals surface area contributed by atoms with Crippen LogP contribution in [0.1, 0.15) is 43.5 Å². The number of nitrogens with zero attached hydrogens (tertiary/aromatic N) is 1. The molecule has 204 valence electrons. The van der Waals surface area contributed by atoms with Crippen molar-refractivity contribution in [1.29, 1.82) is 0 Å². The summed E-state index contributed by atoms with van der Waals surface area (Å²) in [5.74, 6) is 0.765. The average molecular weight is 537 g/mol. The lowest BCUT2D eigenvalue weighted by atomic mass is 10.0. The molecule has 1 heterocycles. The van der Waals surface area contributed by atoms with Crippen LogP contribution in [0.5, 0.6) is 11.5 Å². The average Bonchev–Trinajstić information content (AvgIpc) is 3.40. The SMILES string of the molecule is CC(NCc1ccc(OCc2ccccc2)cc1-c1nc2ccccc2o1)c1ccc(OC(C)(C)C(=O)O)cc1. The van der Waals surface area contributed by atoms with Crippen molar-refractivity contribution >= 4 is 17.1 Å². The molecule has 7 nitrogen and oxygen atoms in total. The fraction of sp³-hybridized carbons (Fsp3) is 0.212. The van der Waals surface area contributed by atoms with E-state index in [9.17, 15) is 9.90 Å². The summed E-state index contributed by atoms with van der Waals surface area (Å²) in [5, 5.41) is 12.9. The van der Waals surface area contributed by atoms with Crippen LogP contribution < -0.4 is 14.8 Å². The van der Waals surface area contributed by atoms with Gasteiger partial charge in [0.2, 0.25) is 5.89 Å². The van der Waals surface area contributed by atoms with Crippen molar-refractivity contribution in [2.75, 3.05) is 0 Å². The van der Waals surface area contributed by atoms with Crippen LogP contribution in [0.2, 0.25) is 0 Å². The van der Waals surface area contributed by atoms with E-state index < -0.39 is 11.6 Å². The van der Waals surface area contributed by atoms with E-state index >= 15 is 0 Å². The standard InChI is InChI=1S/C33H32N2O5/c1-22(24-13-16-26(17-14-24)40-33(2,3)32(36)37)34-20-25-15-18-27(38-21-23-9-5-4-6-10-23)19-28(25)31-35-29-11-7-8-12-30(29)39-31/h4-19,22,34H,20-21H2,1-3H3,(H,36,37). The molecular weight excluding hydrogens is 504 g/mol. The summed E-state index contributed by atoms with van der Waals surface area (Å²) < 4.78 is 17.9. The van der Waals surface area contributed by atoms with Crippen LogP contribution in [0.4, 0.5) is 0 Å². The fourth-order valence-electron chi connectivity index (χ4n) is 4.27. The molecule has 0 aliphatic carbocycles. The molecule has 0 radical (unpaired) electrons. The monoisotopic (exact) mass is 536 g/mol. The third-order valence-electron chi connectivity index (χ3n) is 6.72. The Morgan fingerprint density at radius 3 is 2.38 bits per heavy atom. The summed E-state index contributed by atoms with van der Waals surface area (Å²) in [5.41, 5.74) is 4.25. The van der Waals surface area contributed by atoms with Crippen molar-refractivity contribution in [1.82, 2.24) is 10.3 Å². The number of carboxylic acid groups (broad SMARTS) is 1. The topological polar surface area (TPSA) is 93.8 Å². The number of benzene rings is 4. The number of rotatable bonds is 11. The molecule has 0 saturated heterocycles. The van der Waals surface area contributed by atoms with Gasteiger partial charge in [0.05, 0.1) is 0 Å². The maximum atomic E-state index is 11.4. The number of hydrogen-bond donors (Lipinski definition) is 2. The van der Waals surface area contributed by atoms with Crippen molar-refractivity contribution in [2.45, 2.75) is 45.6 Å². The van der Waals surface area contributed by atoms with Gasteiger partial charge in [-0.3, -0.25) is 0 Å². The highest BCUT2D eigenvalue weighted by atomic mass is 16.5. The predicted octanol–water partition coefficient (Wildman–Crippen LogP) is 7.17. The molecule has 2 N–H and O–H groups in total. The van der Waals surface area contributed by atoms with E-state index in [1.807, 2.05) is 84.9 Å². The van der Waals surface area contributed by atoms with Gasteiger partial charge in [-0.05, 0) is 73.9 Å². The highest BCUT2D eigenvalue weighted by Gasteiger charge is 2.29. The first-order valence-electron chi connectivity index (χ1n) is 13.2. The minimum Gasteiger partial charge on any atom is -0.489 e. The summed E-state index contributed by atoms with van der Waals surface area (Å²) >= 11 is 0. The Morgan fingerprint density at radius 2 is 1.65 bits per heavy atom. The Balaban J connectivity index is 1.34. The van der Waals surface area contributed by atoms with Crippen molar-refractivity contribution < 1.29 is 23.8 Å². The van der Waals surface area contributed by atoms with Gasteiger partial charge in [-0.1, -0.05) is 60.7 Å². The number of carbonyl (C=O) groups is 1. The van der Waals surface area contributed by atoms with Crippen LogP contribution in [0, 0.1) is 0 Å². The molecule has 1 atom stereocenters. The molecule has 0 fully saturated rings. The fourth-order valence-corrected chi connectivity index (χ4v) is 4.27. The molecule has 0 amide bonds. The quantitative estimate of drug-likeness (QED) is 0.185. The zero-order chi connectivity index (χ0) is 28.1. The highest BCUT2D eigenvalue weighted by Crippen LogP contribution is 2.31. The Labute approximate surface area is 233 Å². The van der Waals surface area contributed by atoms with E-state index in [4.69, 9.17) is 18.9 Å². The molecular formula is C33H32N2O5. The summed E-state index contributed by atoms with van der Waals surface area (Å²) in [6.45, 7) is 6.16. The van der Waals surface area contributed by atoms with Crippen LogP contribution in [0.3, 0.4) is 0 Å². The molecule has 40 heavy (non-hydrogen) atoms. The number of nitrogens with one attached hydrogen (secondary N) is 1. The lowest BCUT2D eigenvalue weighted by molar-refractivity contribution is -0.152. The van der Waals surface area contributed by atoms with Gasteiger partial charge in [0.1, 0.15) is 23.6 Å². The zero-order valence-corrected chi connectivity index (χ0v) is 22.8. The van der Waals surface area contributed by atoms with E-state index in [1.54, 1.807) is 12.1 Å². The van der Waals surface area contributed by atoms with Crippen LogP contribution in [0.25, 0.3) is 22.6 Å². The number of fused-ring (bicyclic) bond motifs is 1. The van der Waals surface area contributed by atoms with E-state index in [0.29, 0.717) is 24.8 Å². The van der Waals surface area contributed by atoms with Gasteiger partial charge in [-0.15, -0.1) is 0 Å². The number of oxazole rings is 1. The zero-order valence-electron chi connectivity index (χ0n) is 22.8. The predicted molar refractivity (Wildman–Crippen MR) is 154 cm³/mol. The molecule has 7 heteroatoms. The molecule has 0 aliphatic rings. The highest BCUT2D eigenvalue weighted by molar-refractivity contribution is 5.77. The lowest BCUT2D eigenvalue weighted by Gasteiger charge is -2.22. The number of hydrogen-bond acceptors (Lipinski definition) is 6. The Bertz CT molecular complexity index is 1560. The van der Waals surface area contributed by atoms with Crippen LogP contribution in [-0.4, -0.2) is 21.7 Å². The number of aromatic nitrogens is 1. The molecule has 0 aliphatic heterocycles. The van der Waals surface area contributed by atoms with E-state index in [0.717, 1.165) is 39.1 Å². The first-order chi connectivity index (χ1) is 19.3. The number of carboxylic acids is 1. The van der Waals surface area contributed by atoms with Crippen LogP contribution in [0.15, 0.2) is 101 Å². The maximum Gasteiger partial charge on any atom is 0.347 e. The second kappa shape index (κ2) is 11.6. The third-order valence-corrected chi connectivity index (χ3v) is 6.72. The number of aliphatic carboxylic acids is 1. The summed E-state index contributed by atoms with van der Waals surface area (Å²) in [6, 6.07) is 31.2. The van der Waals surface area contributed by atoms with Gasteiger partial charge < -0.3 is 24.3 Å². The van der Waals surface area contributed by atoms with E-state index in [1.165, 1.54) is 13.8 Å². The van der Waals surface area contributed by atoms with E-state index in [2.05, 4.69) is 12.2 Å². The largest absolute Gasteiger partial charge is 0.489 e. The molecule has 5 aromatic rings. The normalized spacial score (nSPS) is 12.3. The summed E-state index contributed by atoms with van der Waals surface area (Å²) in [7, 11) is 0. The first kappa shape index (κ1) is 27.0. The minimum atomic E-state index is -1.30. The van der Waals surface area contributed by atoms with E-state index in [-0.39, 0.29) is 6.04 Å². The molecule has 0 saturated carbocycles.